The van der Waals surface area contributed by atoms with Gasteiger partial charge in [0.25, 0.3) is 0 Å². The second-order valence-corrected chi connectivity index (χ2v) is 2.57. The third-order valence-electron chi connectivity index (χ3n) is 1.67. The van der Waals surface area contributed by atoms with Gasteiger partial charge in [-0.1, -0.05) is 10.3 Å². The molecule has 0 atom stereocenters. The van der Waals surface area contributed by atoms with Crippen molar-refractivity contribution >= 4 is 5.84 Å². The van der Waals surface area contributed by atoms with E-state index in [0.29, 0.717) is 12.2 Å². The van der Waals surface area contributed by atoms with Crippen molar-refractivity contribution < 1.29 is 9.73 Å². The summed E-state index contributed by atoms with van der Waals surface area (Å²) in [6.45, 7) is 3.61. The average molecular weight is 169 g/mol. The van der Waals surface area contributed by atoms with E-state index in [9.17, 15) is 0 Å². The van der Waals surface area contributed by atoms with Crippen LogP contribution >= 0.6 is 0 Å². The molecule has 0 radical (unpaired) electrons. The highest BCUT2D eigenvalue weighted by molar-refractivity contribution is 5.82. The first kappa shape index (κ1) is 8.58. The van der Waals surface area contributed by atoms with Crippen LogP contribution in [0.3, 0.4) is 0 Å². The van der Waals surface area contributed by atoms with E-state index in [4.69, 9.17) is 15.5 Å². The number of rotatable bonds is 2. The van der Waals surface area contributed by atoms with E-state index in [1.54, 1.807) is 6.92 Å². The first-order chi connectivity index (χ1) is 5.65. The zero-order chi connectivity index (χ0) is 9.14. The standard InChI is InChI=1S/C7H11N3O2/c1-4-6(3-7(8)9-11)5(2)12-10-4/h11H,3H2,1-2H3,(H2,8,9). The van der Waals surface area contributed by atoms with Crippen molar-refractivity contribution in [3.63, 3.8) is 0 Å². The molecule has 0 aliphatic heterocycles. The third kappa shape index (κ3) is 1.55. The van der Waals surface area contributed by atoms with Crippen LogP contribution in [0.15, 0.2) is 9.68 Å². The second kappa shape index (κ2) is 3.25. The van der Waals surface area contributed by atoms with Gasteiger partial charge >= 0.3 is 0 Å². The van der Waals surface area contributed by atoms with Crippen LogP contribution in [0.5, 0.6) is 0 Å². The molecule has 0 saturated heterocycles. The largest absolute Gasteiger partial charge is 0.409 e. The lowest BCUT2D eigenvalue weighted by Crippen LogP contribution is -2.15. The topological polar surface area (TPSA) is 84.6 Å². The van der Waals surface area contributed by atoms with E-state index in [0.717, 1.165) is 11.3 Å². The smallest absolute Gasteiger partial charge is 0.143 e. The van der Waals surface area contributed by atoms with Crippen LogP contribution in [0.2, 0.25) is 0 Å². The van der Waals surface area contributed by atoms with E-state index in [2.05, 4.69) is 10.3 Å². The molecule has 0 bridgehead atoms. The predicted molar refractivity (Wildman–Crippen MR) is 43.1 cm³/mol. The van der Waals surface area contributed by atoms with Gasteiger partial charge in [-0.25, -0.2) is 0 Å². The molecule has 0 amide bonds. The van der Waals surface area contributed by atoms with Crippen LogP contribution in [0.25, 0.3) is 0 Å². The predicted octanol–water partition coefficient (Wildman–Crippen LogP) is 0.580. The molecule has 5 heteroatoms. The van der Waals surface area contributed by atoms with Gasteiger partial charge in [-0.2, -0.15) is 0 Å². The Morgan fingerprint density at radius 1 is 1.67 bits per heavy atom. The molecule has 1 aromatic heterocycles. The summed E-state index contributed by atoms with van der Waals surface area (Å²) in [4.78, 5) is 0. The Balaban J connectivity index is 2.88. The third-order valence-corrected chi connectivity index (χ3v) is 1.67. The molecule has 0 aliphatic rings. The van der Waals surface area contributed by atoms with Crippen LogP contribution in [0, 0.1) is 13.8 Å². The number of aryl methyl sites for hydroxylation is 2. The maximum absolute atomic E-state index is 8.33. The van der Waals surface area contributed by atoms with Crippen molar-refractivity contribution in [3.8, 4) is 0 Å². The van der Waals surface area contributed by atoms with Crippen LogP contribution < -0.4 is 5.73 Å². The van der Waals surface area contributed by atoms with Gasteiger partial charge in [0.15, 0.2) is 0 Å². The summed E-state index contributed by atoms with van der Waals surface area (Å²) in [7, 11) is 0. The summed E-state index contributed by atoms with van der Waals surface area (Å²) in [6.07, 6.45) is 0.373. The highest BCUT2D eigenvalue weighted by Crippen LogP contribution is 2.12. The van der Waals surface area contributed by atoms with Crippen LogP contribution in [-0.2, 0) is 6.42 Å². The van der Waals surface area contributed by atoms with Crippen LogP contribution in [0.4, 0.5) is 0 Å². The molecule has 1 heterocycles. The Kier molecular flexibility index (Phi) is 2.32. The van der Waals surface area contributed by atoms with Crippen molar-refractivity contribution in [2.75, 3.05) is 0 Å². The van der Waals surface area contributed by atoms with Gasteiger partial charge < -0.3 is 15.5 Å². The molecule has 0 saturated carbocycles. The highest BCUT2D eigenvalue weighted by Gasteiger charge is 2.09. The number of amidine groups is 1. The normalized spacial score (nSPS) is 12.0. The van der Waals surface area contributed by atoms with Crippen LogP contribution in [-0.4, -0.2) is 16.2 Å². The maximum atomic E-state index is 8.33. The van der Waals surface area contributed by atoms with Crippen molar-refractivity contribution in [3.05, 3.63) is 17.0 Å². The van der Waals surface area contributed by atoms with Gasteiger partial charge in [0, 0.05) is 12.0 Å². The molecule has 1 rings (SSSR count). The molecule has 66 valence electrons. The van der Waals surface area contributed by atoms with E-state index in [-0.39, 0.29) is 5.84 Å². The Labute approximate surface area is 69.8 Å². The molecular weight excluding hydrogens is 158 g/mol. The molecule has 5 nitrogen and oxygen atoms in total. The van der Waals surface area contributed by atoms with Crippen molar-refractivity contribution in [1.29, 1.82) is 0 Å². The zero-order valence-electron chi connectivity index (χ0n) is 7.03. The summed E-state index contributed by atoms with van der Waals surface area (Å²) in [5.41, 5.74) is 6.99. The number of oxime groups is 1. The molecule has 3 N–H and O–H groups in total. The van der Waals surface area contributed by atoms with Gasteiger partial charge in [0.05, 0.1) is 5.69 Å². The summed E-state index contributed by atoms with van der Waals surface area (Å²) in [5, 5.41) is 14.9. The summed E-state index contributed by atoms with van der Waals surface area (Å²) in [5.74, 6) is 0.864. The molecule has 12 heavy (non-hydrogen) atoms. The molecule has 0 aliphatic carbocycles. The Morgan fingerprint density at radius 3 is 2.75 bits per heavy atom. The fourth-order valence-corrected chi connectivity index (χ4v) is 0.971. The van der Waals surface area contributed by atoms with Crippen molar-refractivity contribution in [2.24, 2.45) is 10.9 Å². The van der Waals surface area contributed by atoms with E-state index in [1.807, 2.05) is 6.92 Å². The maximum Gasteiger partial charge on any atom is 0.143 e. The minimum atomic E-state index is 0.157. The number of aromatic nitrogens is 1. The fraction of sp³-hybridized carbons (Fsp3) is 0.429. The van der Waals surface area contributed by atoms with Gasteiger partial charge in [-0.3, -0.25) is 0 Å². The SMILES string of the molecule is Cc1noc(C)c1C/C(N)=N/O. The van der Waals surface area contributed by atoms with Crippen molar-refractivity contribution in [1.82, 2.24) is 5.16 Å². The van der Waals surface area contributed by atoms with Gasteiger partial charge in [0.1, 0.15) is 11.6 Å². The Hall–Kier alpha value is -1.52. The lowest BCUT2D eigenvalue weighted by Gasteiger charge is -1.96. The zero-order valence-corrected chi connectivity index (χ0v) is 7.03. The number of hydrogen-bond acceptors (Lipinski definition) is 4. The number of nitrogens with two attached hydrogens (primary N) is 1. The minimum Gasteiger partial charge on any atom is -0.409 e. The average Bonchev–Trinajstić information content (AvgIpc) is 2.35. The monoisotopic (exact) mass is 169 g/mol. The highest BCUT2D eigenvalue weighted by atomic mass is 16.5. The van der Waals surface area contributed by atoms with Crippen LogP contribution in [0.1, 0.15) is 17.0 Å². The lowest BCUT2D eigenvalue weighted by atomic mass is 10.1. The summed E-state index contributed by atoms with van der Waals surface area (Å²) in [6, 6.07) is 0. The fourth-order valence-electron chi connectivity index (χ4n) is 0.971. The summed E-state index contributed by atoms with van der Waals surface area (Å²) < 4.78 is 4.90. The molecule has 0 fully saturated rings. The van der Waals surface area contributed by atoms with E-state index >= 15 is 0 Å². The quantitative estimate of drug-likeness (QED) is 0.293. The summed E-state index contributed by atoms with van der Waals surface area (Å²) >= 11 is 0. The van der Waals surface area contributed by atoms with Gasteiger partial charge in [-0.05, 0) is 13.8 Å². The van der Waals surface area contributed by atoms with Gasteiger partial charge in [0.2, 0.25) is 0 Å². The molecule has 0 aromatic carbocycles. The first-order valence-corrected chi connectivity index (χ1v) is 3.53. The van der Waals surface area contributed by atoms with Crippen molar-refractivity contribution in [2.45, 2.75) is 20.3 Å². The number of nitrogens with zero attached hydrogens (tertiary/aromatic N) is 2. The van der Waals surface area contributed by atoms with E-state index < -0.39 is 0 Å². The molecule has 0 spiro atoms. The van der Waals surface area contributed by atoms with Gasteiger partial charge in [-0.15, -0.1) is 0 Å². The molecule has 1 aromatic rings. The minimum absolute atomic E-state index is 0.157. The second-order valence-electron chi connectivity index (χ2n) is 2.57. The number of hydrogen-bond donors (Lipinski definition) is 2. The first-order valence-electron chi connectivity index (χ1n) is 3.53. The Bertz CT molecular complexity index is 284. The lowest BCUT2D eigenvalue weighted by molar-refractivity contribution is 0.317. The molecule has 0 unspecified atom stereocenters. The van der Waals surface area contributed by atoms with E-state index in [1.165, 1.54) is 0 Å². The molecular formula is C7H11N3O2. The Morgan fingerprint density at radius 2 is 2.33 bits per heavy atom.